The summed E-state index contributed by atoms with van der Waals surface area (Å²) in [6.45, 7) is 2.19. The van der Waals surface area contributed by atoms with E-state index in [1.165, 1.54) is 218 Å². The molecule has 0 bridgehead atoms. The van der Waals surface area contributed by atoms with Gasteiger partial charge in [-0.15, -0.1) is 0 Å². The Hall–Kier alpha value is -2.53. The van der Waals surface area contributed by atoms with Crippen LogP contribution in [0.15, 0.2) is 12.2 Å². The van der Waals surface area contributed by atoms with Crippen molar-refractivity contribution >= 4 is 17.8 Å². The lowest BCUT2D eigenvalue weighted by atomic mass is 9.88. The fraction of sp³-hybridized carbons (Fsp3) is 0.933. The third-order valence-electron chi connectivity index (χ3n) is 20.0. The molecule has 0 aromatic heterocycles. The molecule has 18 atom stereocenters. The van der Waals surface area contributed by atoms with Crippen LogP contribution in [0.5, 0.6) is 0 Å². The first kappa shape index (κ1) is 89.7. The summed E-state index contributed by atoms with van der Waals surface area (Å²) in [7, 11) is 0. The number of unbranched alkanes of at least 4 members (excludes halogenated alkanes) is 41. The molecule has 2 amide bonds. The van der Waals surface area contributed by atoms with Crippen LogP contribution in [0.4, 0.5) is 0 Å². The number of ether oxygens (including phenoxy) is 6. The highest BCUT2D eigenvalue weighted by Gasteiger charge is 2.60. The van der Waals surface area contributed by atoms with Crippen LogP contribution >= 0.6 is 0 Å². The van der Waals surface area contributed by atoms with Crippen LogP contribution in [-0.4, -0.2) is 215 Å². The molecule has 0 spiro atoms. The first-order valence-electron chi connectivity index (χ1n) is 39.1. The van der Waals surface area contributed by atoms with Gasteiger partial charge in [0.1, 0.15) is 67.1 Å². The van der Waals surface area contributed by atoms with Gasteiger partial charge in [0.05, 0.1) is 50.7 Å². The molecule has 98 heavy (non-hydrogen) atoms. The van der Waals surface area contributed by atoms with Gasteiger partial charge in [-0.2, -0.15) is 0 Å². The third kappa shape index (κ3) is 35.8. The summed E-state index contributed by atoms with van der Waals surface area (Å²) < 4.78 is 34.9. The van der Waals surface area contributed by atoms with E-state index >= 15 is 0 Å². The van der Waals surface area contributed by atoms with E-state index in [4.69, 9.17) is 28.4 Å². The van der Waals surface area contributed by atoms with E-state index in [-0.39, 0.29) is 12.3 Å². The second-order valence-electron chi connectivity index (χ2n) is 28.6. The Morgan fingerprint density at radius 1 is 0.531 bits per heavy atom. The number of aliphatic hydroxyl groups excluding tert-OH is 11. The van der Waals surface area contributed by atoms with Crippen LogP contribution in [0, 0.1) is 0 Å². The highest BCUT2D eigenvalue weighted by molar-refractivity contribution is 5.77. The predicted molar refractivity (Wildman–Crippen MR) is 375 cm³/mol. The van der Waals surface area contributed by atoms with Gasteiger partial charge in [-0.1, -0.05) is 283 Å². The lowest BCUT2D eigenvalue weighted by molar-refractivity contribution is -0.386. The first-order chi connectivity index (χ1) is 47.4. The number of carboxylic acids is 1. The van der Waals surface area contributed by atoms with Crippen LogP contribution in [0.3, 0.4) is 0 Å². The van der Waals surface area contributed by atoms with E-state index < -0.39 is 155 Å². The molecule has 3 aliphatic rings. The topological polar surface area (TPSA) is 373 Å². The minimum Gasteiger partial charge on any atom is -0.477 e. The largest absolute Gasteiger partial charge is 0.477 e. The predicted octanol–water partition coefficient (Wildman–Crippen LogP) is 9.41. The maximum atomic E-state index is 13.5. The number of hydrogen-bond acceptors (Lipinski definition) is 20. The maximum absolute atomic E-state index is 13.5. The second-order valence-corrected chi connectivity index (χ2v) is 28.6. The van der Waals surface area contributed by atoms with Gasteiger partial charge < -0.3 is 100 Å². The molecule has 576 valence electrons. The summed E-state index contributed by atoms with van der Waals surface area (Å²) in [6.07, 6.45) is 28.1. The van der Waals surface area contributed by atoms with E-state index in [1.807, 2.05) is 6.08 Å². The number of amides is 2. The van der Waals surface area contributed by atoms with Gasteiger partial charge in [-0.25, -0.2) is 4.79 Å². The van der Waals surface area contributed by atoms with Gasteiger partial charge in [0.15, 0.2) is 12.6 Å². The number of nitrogens with one attached hydrogen (secondary N) is 2. The highest BCUT2D eigenvalue weighted by Crippen LogP contribution is 2.39. The van der Waals surface area contributed by atoms with Crippen molar-refractivity contribution in [2.45, 2.75) is 420 Å². The molecule has 14 N–H and O–H groups in total. The number of carbonyl (C=O) groups excluding carboxylic acids is 2. The Labute approximate surface area is 588 Å². The lowest BCUT2D eigenvalue weighted by Crippen LogP contribution is -2.70. The normalized spacial score (nSPS) is 27.3. The van der Waals surface area contributed by atoms with Crippen molar-refractivity contribution in [1.29, 1.82) is 0 Å². The molecule has 3 rings (SSSR count). The van der Waals surface area contributed by atoms with Crippen LogP contribution in [0.1, 0.15) is 310 Å². The molecule has 0 aromatic carbocycles. The second kappa shape index (κ2) is 55.0. The monoisotopic (exact) mass is 1400 g/mol. The van der Waals surface area contributed by atoms with Crippen molar-refractivity contribution in [3.8, 4) is 0 Å². The van der Waals surface area contributed by atoms with Crippen molar-refractivity contribution in [1.82, 2.24) is 10.6 Å². The Kier molecular flexibility index (Phi) is 50.4. The van der Waals surface area contributed by atoms with Crippen molar-refractivity contribution in [3.05, 3.63) is 12.2 Å². The quantitative estimate of drug-likeness (QED) is 0.0199. The van der Waals surface area contributed by atoms with Gasteiger partial charge >= 0.3 is 5.97 Å². The first-order valence-corrected chi connectivity index (χ1v) is 39.1. The van der Waals surface area contributed by atoms with Crippen LogP contribution in [-0.2, 0) is 42.8 Å². The summed E-state index contributed by atoms with van der Waals surface area (Å²) in [5, 5.41) is 136. The Morgan fingerprint density at radius 3 is 1.36 bits per heavy atom. The smallest absolute Gasteiger partial charge is 0.364 e. The van der Waals surface area contributed by atoms with Gasteiger partial charge in [-0.3, -0.25) is 9.59 Å². The molecule has 3 aliphatic heterocycles. The average Bonchev–Trinajstić information content (AvgIpc) is 0.755. The molecule has 3 fully saturated rings. The highest BCUT2D eigenvalue weighted by atomic mass is 16.8. The molecular formula is C75H140N2O21. The zero-order chi connectivity index (χ0) is 71.8. The maximum Gasteiger partial charge on any atom is 0.364 e. The Bertz CT molecular complexity index is 2010. The standard InChI is InChI=1S/C75H140N2O21/c1-4-6-8-10-12-14-16-18-20-22-24-26-27-28-29-30-32-34-36-38-40-42-44-46-48-57(82)56(77-62(85)49-47-45-43-41-39-37-35-33-31-25-23-21-19-17-15-13-11-9-7-5-2)54-93-72-67(89)66(88)69(61(53-80)95-72)96-73-68(90)71(65(87)60(52-79)94-73)98-75(74(91)92)50-58(83)63(76-55(3)81)70(97-75)64(86)59(84)51-78/h46,48,56-61,63-73,78-80,82-84,86-90H,4-45,47,49-54H2,1-3H3,(H,76,81)(H,77,85)(H,91,92)/b48-46+. The number of carbonyl (C=O) groups is 3. The van der Waals surface area contributed by atoms with Gasteiger partial charge in [0.25, 0.3) is 5.79 Å². The number of allylic oxidation sites excluding steroid dienone is 1. The fourth-order valence-electron chi connectivity index (χ4n) is 13.8. The zero-order valence-corrected chi connectivity index (χ0v) is 60.7. The van der Waals surface area contributed by atoms with Crippen LogP contribution in [0.25, 0.3) is 0 Å². The zero-order valence-electron chi connectivity index (χ0n) is 60.7. The third-order valence-corrected chi connectivity index (χ3v) is 20.0. The summed E-state index contributed by atoms with van der Waals surface area (Å²) in [6, 6.07) is -2.62. The van der Waals surface area contributed by atoms with Crippen molar-refractivity contribution in [2.24, 2.45) is 0 Å². The Morgan fingerprint density at radius 2 is 0.949 bits per heavy atom. The summed E-state index contributed by atoms with van der Waals surface area (Å²) >= 11 is 0. The number of carboxylic acid groups (broad SMARTS) is 1. The van der Waals surface area contributed by atoms with Gasteiger partial charge in [-0.05, 0) is 19.3 Å². The number of hydrogen-bond donors (Lipinski definition) is 14. The number of rotatable bonds is 61. The van der Waals surface area contributed by atoms with E-state index in [9.17, 15) is 75.7 Å². The minimum absolute atomic E-state index is 0.205. The average molecular weight is 1410 g/mol. The summed E-state index contributed by atoms with van der Waals surface area (Å²) in [4.78, 5) is 38.6. The molecule has 23 heteroatoms. The SMILES string of the molecule is CCCCCCCCCCCCCCCCCCCCCCCC/C=C/C(O)C(COC1OC(CO)C(OC2OC(CO)C(O)C(OC3(C(=O)O)CC(O)C(NC(C)=O)C(C(O)C(O)CO)O3)C2O)C(O)C1O)NC(=O)CCCCCCCCCCCCCCCCCCCCCC. The Balaban J connectivity index is 1.55. The molecule has 3 heterocycles. The van der Waals surface area contributed by atoms with E-state index in [0.717, 1.165) is 51.9 Å². The molecule has 0 aromatic rings. The van der Waals surface area contributed by atoms with E-state index in [1.54, 1.807) is 6.08 Å². The molecule has 0 aliphatic carbocycles. The summed E-state index contributed by atoms with van der Waals surface area (Å²) in [5.41, 5.74) is 0. The lowest BCUT2D eigenvalue weighted by Gasteiger charge is -2.50. The van der Waals surface area contributed by atoms with E-state index in [0.29, 0.717) is 12.8 Å². The minimum atomic E-state index is -3.08. The van der Waals surface area contributed by atoms with Crippen molar-refractivity contribution in [3.63, 3.8) is 0 Å². The number of aliphatic carboxylic acids is 1. The summed E-state index contributed by atoms with van der Waals surface area (Å²) in [5.74, 6) is -6.13. The van der Waals surface area contributed by atoms with Gasteiger partial charge in [0.2, 0.25) is 11.8 Å². The fourth-order valence-corrected chi connectivity index (χ4v) is 13.8. The van der Waals surface area contributed by atoms with E-state index in [2.05, 4.69) is 24.5 Å². The van der Waals surface area contributed by atoms with Crippen molar-refractivity contribution < 1.29 is 104 Å². The molecular weight excluding hydrogens is 1260 g/mol. The number of aliphatic hydroxyl groups is 11. The van der Waals surface area contributed by atoms with Gasteiger partial charge in [0, 0.05) is 19.8 Å². The van der Waals surface area contributed by atoms with Crippen LogP contribution < -0.4 is 10.6 Å². The molecule has 18 unspecified atom stereocenters. The molecule has 0 saturated carbocycles. The molecule has 3 saturated heterocycles. The van der Waals surface area contributed by atoms with Crippen LogP contribution in [0.2, 0.25) is 0 Å². The van der Waals surface area contributed by atoms with Crippen molar-refractivity contribution in [2.75, 3.05) is 26.4 Å². The molecule has 0 radical (unpaired) electrons. The molecule has 23 nitrogen and oxygen atoms in total.